The molecular formula is C22H35N5O2. The van der Waals surface area contributed by atoms with Crippen molar-refractivity contribution in [3.63, 3.8) is 0 Å². The Morgan fingerprint density at radius 3 is 2.83 bits per heavy atom. The number of aliphatic imine (C=N–C) groups is 1. The van der Waals surface area contributed by atoms with Crippen LogP contribution in [-0.2, 0) is 9.53 Å². The summed E-state index contributed by atoms with van der Waals surface area (Å²) in [5, 5.41) is 6.88. The van der Waals surface area contributed by atoms with Gasteiger partial charge < -0.3 is 25.2 Å². The number of nitrogens with zero attached hydrogens (tertiary/aromatic N) is 3. The lowest BCUT2D eigenvalue weighted by Gasteiger charge is -2.23. The first-order chi connectivity index (χ1) is 14.0. The van der Waals surface area contributed by atoms with Gasteiger partial charge in [0.25, 0.3) is 0 Å². The highest BCUT2D eigenvalue weighted by Crippen LogP contribution is 2.24. The first-order valence-electron chi connectivity index (χ1n) is 10.7. The molecule has 0 radical (unpaired) electrons. The number of nitrogens with one attached hydrogen (secondary N) is 2. The third-order valence-electron chi connectivity index (χ3n) is 5.65. The molecule has 2 aliphatic heterocycles. The van der Waals surface area contributed by atoms with E-state index in [4.69, 9.17) is 4.74 Å². The molecule has 0 aromatic heterocycles. The molecule has 2 unspecified atom stereocenters. The Balaban J connectivity index is 1.65. The van der Waals surface area contributed by atoms with Crippen LogP contribution in [0.2, 0.25) is 0 Å². The average Bonchev–Trinajstić information content (AvgIpc) is 3.43. The van der Waals surface area contributed by atoms with Crippen LogP contribution in [0.1, 0.15) is 37.8 Å². The lowest BCUT2D eigenvalue weighted by Crippen LogP contribution is -2.42. The van der Waals surface area contributed by atoms with Gasteiger partial charge in [0.1, 0.15) is 6.54 Å². The van der Waals surface area contributed by atoms with E-state index in [0.717, 1.165) is 39.3 Å². The van der Waals surface area contributed by atoms with E-state index in [-0.39, 0.29) is 18.5 Å². The fourth-order valence-electron chi connectivity index (χ4n) is 3.68. The van der Waals surface area contributed by atoms with Gasteiger partial charge in [-0.1, -0.05) is 12.1 Å². The van der Waals surface area contributed by atoms with Crippen LogP contribution in [0.25, 0.3) is 0 Å². The number of carbonyl (C=O) groups excluding carboxylic acids is 1. The van der Waals surface area contributed by atoms with Crippen molar-refractivity contribution < 1.29 is 9.53 Å². The van der Waals surface area contributed by atoms with Crippen molar-refractivity contribution in [2.45, 2.75) is 32.2 Å². The number of likely N-dealkylation sites (N-methyl/N-ethyl adjacent to an activating group) is 1. The van der Waals surface area contributed by atoms with Gasteiger partial charge in [-0.3, -0.25) is 4.79 Å². The number of carbonyl (C=O) groups is 1. The summed E-state index contributed by atoms with van der Waals surface area (Å²) in [6.45, 7) is 6.93. The quantitative estimate of drug-likeness (QED) is 0.540. The van der Waals surface area contributed by atoms with Crippen LogP contribution < -0.4 is 15.5 Å². The lowest BCUT2D eigenvalue weighted by atomic mass is 10.1. The van der Waals surface area contributed by atoms with Crippen molar-refractivity contribution in [1.82, 2.24) is 15.5 Å². The van der Waals surface area contributed by atoms with Gasteiger partial charge in [0.2, 0.25) is 5.91 Å². The topological polar surface area (TPSA) is 69.2 Å². The molecule has 29 heavy (non-hydrogen) atoms. The van der Waals surface area contributed by atoms with E-state index >= 15 is 0 Å². The number of anilines is 1. The minimum Gasteiger partial charge on any atom is -0.381 e. The van der Waals surface area contributed by atoms with Crippen molar-refractivity contribution in [2.24, 2.45) is 10.9 Å². The fraction of sp³-hybridized carbons (Fsp3) is 0.636. The number of amides is 1. The highest BCUT2D eigenvalue weighted by atomic mass is 16.5. The number of benzene rings is 1. The first-order valence-corrected chi connectivity index (χ1v) is 10.7. The van der Waals surface area contributed by atoms with Gasteiger partial charge in [-0.05, 0) is 43.9 Å². The van der Waals surface area contributed by atoms with E-state index in [1.54, 1.807) is 19.0 Å². The van der Waals surface area contributed by atoms with Crippen LogP contribution in [0.3, 0.4) is 0 Å². The normalized spacial score (nSPS) is 20.6. The number of rotatable bonds is 7. The van der Waals surface area contributed by atoms with Gasteiger partial charge in [-0.2, -0.15) is 0 Å². The third-order valence-corrected chi connectivity index (χ3v) is 5.65. The molecule has 160 valence electrons. The number of ether oxygens (including phenoxy) is 1. The average molecular weight is 402 g/mol. The van der Waals surface area contributed by atoms with Crippen molar-refractivity contribution >= 4 is 17.6 Å². The maximum absolute atomic E-state index is 12.0. The van der Waals surface area contributed by atoms with Crippen molar-refractivity contribution in [3.05, 3.63) is 29.8 Å². The minimum absolute atomic E-state index is 0.0148. The van der Waals surface area contributed by atoms with Gasteiger partial charge >= 0.3 is 0 Å². The van der Waals surface area contributed by atoms with Crippen LogP contribution >= 0.6 is 0 Å². The third kappa shape index (κ3) is 6.35. The van der Waals surface area contributed by atoms with E-state index in [1.165, 1.54) is 24.1 Å². The monoisotopic (exact) mass is 401 g/mol. The SMILES string of the molecule is CC(NC(=NCC(=O)N(C)C)NCC1CCOC1)c1cccc(N2CCCC2)c1. The molecule has 2 fully saturated rings. The minimum atomic E-state index is -0.0148. The largest absolute Gasteiger partial charge is 0.381 e. The molecule has 2 atom stereocenters. The number of guanidine groups is 1. The molecule has 2 aliphatic rings. The maximum atomic E-state index is 12.0. The van der Waals surface area contributed by atoms with Gasteiger partial charge in [0.15, 0.2) is 5.96 Å². The van der Waals surface area contributed by atoms with Crippen LogP contribution in [0.4, 0.5) is 5.69 Å². The summed E-state index contributed by atoms with van der Waals surface area (Å²) in [6, 6.07) is 8.79. The van der Waals surface area contributed by atoms with Crippen molar-refractivity contribution in [1.29, 1.82) is 0 Å². The van der Waals surface area contributed by atoms with Crippen LogP contribution in [-0.4, -0.2) is 70.3 Å². The molecule has 0 spiro atoms. The van der Waals surface area contributed by atoms with E-state index in [2.05, 4.69) is 51.7 Å². The zero-order chi connectivity index (χ0) is 20.6. The molecule has 0 saturated carbocycles. The molecule has 2 N–H and O–H groups in total. The predicted molar refractivity (Wildman–Crippen MR) is 117 cm³/mol. The van der Waals surface area contributed by atoms with Gasteiger partial charge in [-0.25, -0.2) is 4.99 Å². The van der Waals surface area contributed by atoms with Crippen LogP contribution in [0.5, 0.6) is 0 Å². The van der Waals surface area contributed by atoms with E-state index in [1.807, 2.05) is 0 Å². The number of hydrogen-bond donors (Lipinski definition) is 2. The number of hydrogen-bond acceptors (Lipinski definition) is 4. The lowest BCUT2D eigenvalue weighted by molar-refractivity contribution is -0.127. The van der Waals surface area contributed by atoms with E-state index in [9.17, 15) is 4.79 Å². The molecule has 3 rings (SSSR count). The Kier molecular flexibility index (Phi) is 7.75. The zero-order valence-corrected chi connectivity index (χ0v) is 18.0. The van der Waals surface area contributed by atoms with Crippen molar-refractivity contribution in [2.75, 3.05) is 58.4 Å². The second-order valence-corrected chi connectivity index (χ2v) is 8.22. The Labute approximate surface area is 174 Å². The summed E-state index contributed by atoms with van der Waals surface area (Å²) in [5.41, 5.74) is 2.50. The highest BCUT2D eigenvalue weighted by Gasteiger charge is 2.18. The Morgan fingerprint density at radius 2 is 2.14 bits per heavy atom. The zero-order valence-electron chi connectivity index (χ0n) is 18.0. The van der Waals surface area contributed by atoms with Crippen LogP contribution in [0.15, 0.2) is 29.3 Å². The maximum Gasteiger partial charge on any atom is 0.243 e. The Bertz CT molecular complexity index is 694. The molecular weight excluding hydrogens is 366 g/mol. The molecule has 7 heteroatoms. The predicted octanol–water partition coefficient (Wildman–Crippen LogP) is 2.01. The molecule has 0 aliphatic carbocycles. The van der Waals surface area contributed by atoms with Gasteiger partial charge in [0, 0.05) is 51.9 Å². The van der Waals surface area contributed by atoms with Gasteiger partial charge in [0.05, 0.1) is 12.6 Å². The first kappa shape index (κ1) is 21.4. The summed E-state index contributed by atoms with van der Waals surface area (Å²) in [6.07, 6.45) is 3.59. The Morgan fingerprint density at radius 1 is 1.34 bits per heavy atom. The van der Waals surface area contributed by atoms with E-state index < -0.39 is 0 Å². The molecule has 2 saturated heterocycles. The molecule has 0 bridgehead atoms. The Hall–Kier alpha value is -2.28. The summed E-state index contributed by atoms with van der Waals surface area (Å²) in [7, 11) is 3.50. The summed E-state index contributed by atoms with van der Waals surface area (Å²) >= 11 is 0. The highest BCUT2D eigenvalue weighted by molar-refractivity contribution is 5.85. The van der Waals surface area contributed by atoms with E-state index in [0.29, 0.717) is 11.9 Å². The standard InChI is InChI=1S/C22H35N5O2/c1-17(19-7-6-8-20(13-19)27-10-4-5-11-27)25-22(24-15-21(28)26(2)3)23-14-18-9-12-29-16-18/h6-8,13,17-18H,4-5,9-12,14-16H2,1-3H3,(H2,23,24,25). The van der Waals surface area contributed by atoms with Crippen molar-refractivity contribution in [3.8, 4) is 0 Å². The van der Waals surface area contributed by atoms with Gasteiger partial charge in [-0.15, -0.1) is 0 Å². The second-order valence-electron chi connectivity index (χ2n) is 8.22. The molecule has 2 heterocycles. The fourth-order valence-corrected chi connectivity index (χ4v) is 3.68. The smallest absolute Gasteiger partial charge is 0.243 e. The molecule has 7 nitrogen and oxygen atoms in total. The molecule has 1 amide bonds. The van der Waals surface area contributed by atoms with Crippen LogP contribution in [0, 0.1) is 5.92 Å². The second kappa shape index (κ2) is 10.5. The summed E-state index contributed by atoms with van der Waals surface area (Å²) in [4.78, 5) is 20.5. The molecule has 1 aromatic carbocycles. The summed E-state index contributed by atoms with van der Waals surface area (Å²) < 4.78 is 5.47. The molecule has 1 aromatic rings. The summed E-state index contributed by atoms with van der Waals surface area (Å²) in [5.74, 6) is 1.14.